The third-order valence-electron chi connectivity index (χ3n) is 6.23. The molecule has 1 unspecified atom stereocenters. The van der Waals surface area contributed by atoms with Crippen LogP contribution in [0.3, 0.4) is 0 Å². The minimum absolute atomic E-state index is 0.00113. The maximum Gasteiger partial charge on any atom is 0.229 e. The predicted molar refractivity (Wildman–Crippen MR) is 117 cm³/mol. The fourth-order valence-corrected chi connectivity index (χ4v) is 4.33. The minimum atomic E-state index is -0.138. The third kappa shape index (κ3) is 3.58. The molecule has 0 radical (unpaired) electrons. The molecule has 0 spiro atoms. The smallest absolute Gasteiger partial charge is 0.229 e. The molecule has 6 heteroatoms. The van der Waals surface area contributed by atoms with Gasteiger partial charge in [-0.3, -0.25) is 9.59 Å². The van der Waals surface area contributed by atoms with E-state index in [0.29, 0.717) is 6.54 Å². The Labute approximate surface area is 175 Å². The lowest BCUT2D eigenvalue weighted by Crippen LogP contribution is -2.44. The average molecular weight is 402 g/mol. The Balaban J connectivity index is 1.27. The number of hydrogen-bond acceptors (Lipinski definition) is 3. The Morgan fingerprint density at radius 1 is 1.00 bits per heavy atom. The van der Waals surface area contributed by atoms with Crippen LogP contribution in [0.15, 0.2) is 48.5 Å². The molecule has 2 fully saturated rings. The average Bonchev–Trinajstić information content (AvgIpc) is 3.58. The van der Waals surface area contributed by atoms with Gasteiger partial charge in [0.2, 0.25) is 11.8 Å². The van der Waals surface area contributed by atoms with E-state index in [4.69, 9.17) is 4.98 Å². The molecule has 1 saturated carbocycles. The van der Waals surface area contributed by atoms with Crippen molar-refractivity contribution < 1.29 is 9.59 Å². The molecule has 1 aliphatic heterocycles. The molecule has 1 aromatic heterocycles. The van der Waals surface area contributed by atoms with Crippen LogP contribution < -0.4 is 5.32 Å². The van der Waals surface area contributed by atoms with Gasteiger partial charge in [-0.05, 0) is 62.1 Å². The lowest BCUT2D eigenvalue weighted by Gasteiger charge is -2.32. The SMILES string of the molecule is Cn1c(-c2ccc(NC(=O)C3CCCN(C(=O)C4CC4)C3)cc2)nc2ccccc21. The maximum atomic E-state index is 12.8. The van der Waals surface area contributed by atoms with Gasteiger partial charge in [0.25, 0.3) is 0 Å². The number of amides is 2. The van der Waals surface area contributed by atoms with Crippen molar-refractivity contribution >= 4 is 28.5 Å². The van der Waals surface area contributed by atoms with E-state index in [1.807, 2.05) is 54.4 Å². The number of piperidine rings is 1. The number of imidazole rings is 1. The second-order valence-corrected chi connectivity index (χ2v) is 8.45. The predicted octanol–water partition coefficient (Wildman–Crippen LogP) is 3.83. The Morgan fingerprint density at radius 3 is 2.50 bits per heavy atom. The van der Waals surface area contributed by atoms with E-state index in [1.54, 1.807) is 0 Å². The normalized spacial score (nSPS) is 19.1. The van der Waals surface area contributed by atoms with Gasteiger partial charge in [0.15, 0.2) is 0 Å². The fourth-order valence-electron chi connectivity index (χ4n) is 4.33. The summed E-state index contributed by atoms with van der Waals surface area (Å²) in [5.41, 5.74) is 3.83. The van der Waals surface area contributed by atoms with Crippen LogP contribution in [0, 0.1) is 11.8 Å². The van der Waals surface area contributed by atoms with E-state index in [1.165, 1.54) is 0 Å². The van der Waals surface area contributed by atoms with Crippen molar-refractivity contribution in [3.8, 4) is 11.4 Å². The summed E-state index contributed by atoms with van der Waals surface area (Å²) in [6.45, 7) is 1.32. The Kier molecular flexibility index (Phi) is 4.77. The van der Waals surface area contributed by atoms with Crippen LogP contribution >= 0.6 is 0 Å². The molecule has 154 valence electrons. The molecule has 1 atom stereocenters. The summed E-state index contributed by atoms with van der Waals surface area (Å²) in [7, 11) is 2.01. The number of aromatic nitrogens is 2. The molecule has 1 aliphatic carbocycles. The molecule has 1 N–H and O–H groups in total. The first-order valence-corrected chi connectivity index (χ1v) is 10.7. The third-order valence-corrected chi connectivity index (χ3v) is 6.23. The highest BCUT2D eigenvalue weighted by Gasteiger charge is 2.36. The lowest BCUT2D eigenvalue weighted by atomic mass is 9.96. The van der Waals surface area contributed by atoms with Gasteiger partial charge < -0.3 is 14.8 Å². The van der Waals surface area contributed by atoms with Crippen molar-refractivity contribution in [2.24, 2.45) is 18.9 Å². The molecule has 5 rings (SSSR count). The lowest BCUT2D eigenvalue weighted by molar-refractivity contribution is -0.135. The zero-order valence-electron chi connectivity index (χ0n) is 17.2. The number of nitrogens with one attached hydrogen (secondary N) is 1. The highest BCUT2D eigenvalue weighted by molar-refractivity contribution is 5.93. The summed E-state index contributed by atoms with van der Waals surface area (Å²) < 4.78 is 2.08. The van der Waals surface area contributed by atoms with Crippen molar-refractivity contribution in [2.75, 3.05) is 18.4 Å². The van der Waals surface area contributed by atoms with Crippen LogP contribution in [0.5, 0.6) is 0 Å². The van der Waals surface area contributed by atoms with Crippen LogP contribution in [-0.2, 0) is 16.6 Å². The standard InChI is InChI=1S/C24H26N4O2/c1-27-21-7-3-2-6-20(21)26-22(27)16-10-12-19(13-11-16)25-23(29)18-5-4-14-28(15-18)24(30)17-8-9-17/h2-3,6-7,10-13,17-18H,4-5,8-9,14-15H2,1H3,(H,25,29). The number of rotatable bonds is 4. The van der Waals surface area contributed by atoms with E-state index >= 15 is 0 Å². The van der Waals surface area contributed by atoms with Gasteiger partial charge in [-0.1, -0.05) is 12.1 Å². The monoisotopic (exact) mass is 402 g/mol. The summed E-state index contributed by atoms with van der Waals surface area (Å²) >= 11 is 0. The molecule has 2 heterocycles. The quantitative estimate of drug-likeness (QED) is 0.721. The number of benzene rings is 2. The largest absolute Gasteiger partial charge is 0.342 e. The first-order chi connectivity index (χ1) is 14.6. The summed E-state index contributed by atoms with van der Waals surface area (Å²) in [4.78, 5) is 31.7. The topological polar surface area (TPSA) is 67.2 Å². The number of aryl methyl sites for hydroxylation is 1. The molecule has 6 nitrogen and oxygen atoms in total. The van der Waals surface area contributed by atoms with Crippen LogP contribution in [0.2, 0.25) is 0 Å². The van der Waals surface area contributed by atoms with Gasteiger partial charge in [-0.2, -0.15) is 0 Å². The first kappa shape index (κ1) is 18.9. The van der Waals surface area contributed by atoms with Gasteiger partial charge in [0.05, 0.1) is 17.0 Å². The summed E-state index contributed by atoms with van der Waals surface area (Å²) in [5.74, 6) is 1.21. The van der Waals surface area contributed by atoms with Crippen molar-refractivity contribution in [3.05, 3.63) is 48.5 Å². The summed E-state index contributed by atoms with van der Waals surface area (Å²) in [5, 5.41) is 3.03. The van der Waals surface area contributed by atoms with E-state index in [2.05, 4.69) is 16.0 Å². The molecule has 2 aliphatic rings. The van der Waals surface area contributed by atoms with Crippen molar-refractivity contribution in [1.29, 1.82) is 0 Å². The maximum absolute atomic E-state index is 12.8. The number of para-hydroxylation sites is 2. The number of likely N-dealkylation sites (tertiary alicyclic amines) is 1. The zero-order chi connectivity index (χ0) is 20.7. The number of carbonyl (C=O) groups excluding carboxylic acids is 2. The molecular weight excluding hydrogens is 376 g/mol. The van der Waals surface area contributed by atoms with E-state index in [0.717, 1.165) is 60.3 Å². The Hall–Kier alpha value is -3.15. The molecular formula is C24H26N4O2. The molecule has 3 aromatic rings. The van der Waals surface area contributed by atoms with Gasteiger partial charge >= 0.3 is 0 Å². The second kappa shape index (κ2) is 7.59. The highest BCUT2D eigenvalue weighted by atomic mass is 16.2. The Morgan fingerprint density at radius 2 is 1.77 bits per heavy atom. The van der Waals surface area contributed by atoms with Crippen molar-refractivity contribution in [3.63, 3.8) is 0 Å². The van der Waals surface area contributed by atoms with Crippen molar-refractivity contribution in [1.82, 2.24) is 14.5 Å². The minimum Gasteiger partial charge on any atom is -0.342 e. The van der Waals surface area contributed by atoms with Crippen LogP contribution in [0.25, 0.3) is 22.4 Å². The van der Waals surface area contributed by atoms with Gasteiger partial charge in [-0.25, -0.2) is 4.98 Å². The van der Waals surface area contributed by atoms with Crippen molar-refractivity contribution in [2.45, 2.75) is 25.7 Å². The summed E-state index contributed by atoms with van der Waals surface area (Å²) in [6.07, 6.45) is 3.73. The van der Waals surface area contributed by atoms with Crippen LogP contribution in [0.1, 0.15) is 25.7 Å². The van der Waals surface area contributed by atoms with Gasteiger partial charge in [0, 0.05) is 37.3 Å². The molecule has 2 amide bonds. The number of fused-ring (bicyclic) bond motifs is 1. The number of anilines is 1. The van der Waals surface area contributed by atoms with E-state index < -0.39 is 0 Å². The van der Waals surface area contributed by atoms with Gasteiger partial charge in [0.1, 0.15) is 5.82 Å². The van der Waals surface area contributed by atoms with Gasteiger partial charge in [-0.15, -0.1) is 0 Å². The van der Waals surface area contributed by atoms with E-state index in [-0.39, 0.29) is 23.7 Å². The molecule has 1 saturated heterocycles. The highest BCUT2D eigenvalue weighted by Crippen LogP contribution is 2.33. The zero-order valence-corrected chi connectivity index (χ0v) is 17.2. The molecule has 0 bridgehead atoms. The summed E-state index contributed by atoms with van der Waals surface area (Å²) in [6, 6.07) is 15.9. The Bertz CT molecular complexity index is 1100. The van der Waals surface area contributed by atoms with Crippen LogP contribution in [-0.4, -0.2) is 39.4 Å². The second-order valence-electron chi connectivity index (χ2n) is 8.45. The number of nitrogens with zero attached hydrogens (tertiary/aromatic N) is 3. The molecule has 30 heavy (non-hydrogen) atoms. The number of carbonyl (C=O) groups is 2. The van der Waals surface area contributed by atoms with E-state index in [9.17, 15) is 9.59 Å². The fraction of sp³-hybridized carbons (Fsp3) is 0.375. The number of hydrogen-bond donors (Lipinski definition) is 1. The molecule has 2 aromatic carbocycles. The van der Waals surface area contributed by atoms with Crippen LogP contribution in [0.4, 0.5) is 5.69 Å². The first-order valence-electron chi connectivity index (χ1n) is 10.7.